The van der Waals surface area contributed by atoms with Crippen LogP contribution in [0.3, 0.4) is 0 Å². The van der Waals surface area contributed by atoms with Gasteiger partial charge in [-0.2, -0.15) is 5.10 Å². The first-order valence-corrected chi connectivity index (χ1v) is 11.0. The van der Waals surface area contributed by atoms with E-state index in [-0.39, 0.29) is 35.6 Å². The third-order valence-corrected chi connectivity index (χ3v) is 5.29. The Morgan fingerprint density at radius 2 is 1.89 bits per heavy atom. The predicted octanol–water partition coefficient (Wildman–Crippen LogP) is 4.42. The van der Waals surface area contributed by atoms with E-state index in [1.54, 1.807) is 41.1 Å². The van der Waals surface area contributed by atoms with E-state index in [0.29, 0.717) is 22.6 Å². The van der Waals surface area contributed by atoms with Gasteiger partial charge in [0.25, 0.3) is 0 Å². The Hall–Kier alpha value is -5.12. The number of nitrogens with one attached hydrogen (secondary N) is 1. The molecule has 0 atom stereocenters. The van der Waals surface area contributed by atoms with Crippen LogP contribution in [0.15, 0.2) is 89.8 Å². The number of carbonyl (C=O) groups excluding carboxylic acids is 1. The lowest BCUT2D eigenvalue weighted by atomic mass is 10.2. The van der Waals surface area contributed by atoms with E-state index < -0.39 is 0 Å². The third-order valence-electron chi connectivity index (χ3n) is 5.29. The lowest BCUT2D eigenvalue weighted by Gasteiger charge is -2.07. The molecule has 0 saturated carbocycles. The normalized spacial score (nSPS) is 11.1. The minimum absolute atomic E-state index is 0.0769. The molecule has 3 aromatic heterocycles. The zero-order valence-corrected chi connectivity index (χ0v) is 18.9. The zero-order valence-electron chi connectivity index (χ0n) is 18.9. The van der Waals surface area contributed by atoms with E-state index >= 15 is 0 Å². The first-order chi connectivity index (χ1) is 17.6. The summed E-state index contributed by atoms with van der Waals surface area (Å²) in [6.07, 6.45) is 5.94. The van der Waals surface area contributed by atoms with Crippen LogP contribution in [-0.2, 0) is 11.3 Å². The number of rotatable bonds is 7. The van der Waals surface area contributed by atoms with Crippen molar-refractivity contribution in [1.29, 1.82) is 0 Å². The number of benzene rings is 2. The van der Waals surface area contributed by atoms with Gasteiger partial charge in [0.05, 0.1) is 18.4 Å². The summed E-state index contributed by atoms with van der Waals surface area (Å²) in [5, 5.41) is 11.2. The fourth-order valence-electron chi connectivity index (χ4n) is 3.51. The highest BCUT2D eigenvalue weighted by Crippen LogP contribution is 2.26. The van der Waals surface area contributed by atoms with E-state index in [1.165, 1.54) is 24.6 Å². The Morgan fingerprint density at radius 1 is 1.08 bits per heavy atom. The third kappa shape index (κ3) is 5.02. The molecule has 3 N–H and O–H groups in total. The fraction of sp³-hybridized carbons (Fsp3) is 0.0385. The highest BCUT2D eigenvalue weighted by Gasteiger charge is 2.18. The predicted molar refractivity (Wildman–Crippen MR) is 133 cm³/mol. The number of nitrogens with two attached hydrogens (primary N) is 1. The highest BCUT2D eigenvalue weighted by atomic mass is 19.1. The molecule has 0 aliphatic carbocycles. The molecule has 10 heteroatoms. The second-order valence-electron chi connectivity index (χ2n) is 7.77. The minimum Gasteiger partial charge on any atom is -0.382 e. The molecule has 0 saturated heterocycles. The first-order valence-electron chi connectivity index (χ1n) is 11.0. The van der Waals surface area contributed by atoms with Crippen LogP contribution in [0, 0.1) is 5.82 Å². The Labute approximate surface area is 205 Å². The molecule has 0 spiro atoms. The van der Waals surface area contributed by atoms with Crippen LogP contribution in [0.2, 0.25) is 0 Å². The van der Waals surface area contributed by atoms with Crippen molar-refractivity contribution in [2.45, 2.75) is 6.54 Å². The number of nitrogens with zero attached hydrogens (tertiary/aromatic N) is 5. The summed E-state index contributed by atoms with van der Waals surface area (Å²) in [6.45, 7) is 0.159. The Bertz CT molecular complexity index is 1530. The fourth-order valence-corrected chi connectivity index (χ4v) is 3.51. The molecule has 5 rings (SSSR count). The van der Waals surface area contributed by atoms with Gasteiger partial charge in [-0.25, -0.2) is 14.4 Å². The molecule has 3 heterocycles. The number of hydrogen-bond donors (Lipinski definition) is 2. The molecule has 0 aliphatic rings. The monoisotopic (exact) mass is 481 g/mol. The smallest absolute Gasteiger partial charge is 0.248 e. The number of carbonyl (C=O) groups is 1. The zero-order chi connectivity index (χ0) is 24.9. The van der Waals surface area contributed by atoms with Gasteiger partial charge >= 0.3 is 0 Å². The van der Waals surface area contributed by atoms with E-state index in [0.717, 1.165) is 5.56 Å². The van der Waals surface area contributed by atoms with Gasteiger partial charge in [-0.05, 0) is 23.8 Å². The van der Waals surface area contributed by atoms with Crippen LogP contribution in [0.25, 0.3) is 29.0 Å². The molecular formula is C26H20FN7O2. The van der Waals surface area contributed by atoms with Crippen LogP contribution in [0.4, 0.5) is 15.9 Å². The van der Waals surface area contributed by atoms with Crippen LogP contribution in [0.5, 0.6) is 0 Å². The van der Waals surface area contributed by atoms with Gasteiger partial charge in [-0.1, -0.05) is 53.7 Å². The molecule has 0 aliphatic heterocycles. The van der Waals surface area contributed by atoms with Gasteiger partial charge in [0.2, 0.25) is 5.91 Å². The summed E-state index contributed by atoms with van der Waals surface area (Å²) in [5.74, 6) is -0.401. The van der Waals surface area contributed by atoms with Crippen molar-refractivity contribution in [3.05, 3.63) is 102 Å². The average Bonchev–Trinajstić information content (AvgIpc) is 3.56. The molecule has 0 unspecified atom stereocenters. The van der Waals surface area contributed by atoms with E-state index in [2.05, 4.69) is 25.5 Å². The van der Waals surface area contributed by atoms with Crippen molar-refractivity contribution in [3.8, 4) is 22.9 Å². The van der Waals surface area contributed by atoms with Crippen LogP contribution in [-0.4, -0.2) is 30.8 Å². The molecule has 2 aromatic carbocycles. The molecule has 36 heavy (non-hydrogen) atoms. The van der Waals surface area contributed by atoms with Crippen molar-refractivity contribution >= 4 is 23.5 Å². The van der Waals surface area contributed by atoms with E-state index in [4.69, 9.17) is 10.3 Å². The number of hydrogen-bond acceptors (Lipinski definition) is 7. The highest BCUT2D eigenvalue weighted by molar-refractivity contribution is 6.03. The second-order valence-corrected chi connectivity index (χ2v) is 7.77. The summed E-state index contributed by atoms with van der Waals surface area (Å²) >= 11 is 0. The van der Waals surface area contributed by atoms with Gasteiger partial charge in [-0.3, -0.25) is 9.48 Å². The summed E-state index contributed by atoms with van der Waals surface area (Å²) in [4.78, 5) is 20.9. The van der Waals surface area contributed by atoms with Crippen LogP contribution < -0.4 is 11.1 Å². The molecule has 0 radical (unpaired) electrons. The Kier molecular flexibility index (Phi) is 6.31. The van der Waals surface area contributed by atoms with Crippen molar-refractivity contribution < 1.29 is 13.7 Å². The number of amides is 1. The lowest BCUT2D eigenvalue weighted by Crippen LogP contribution is -2.11. The topological polar surface area (TPSA) is 125 Å². The van der Waals surface area contributed by atoms with Gasteiger partial charge in [0.1, 0.15) is 29.2 Å². The number of halogens is 1. The average molecular weight is 481 g/mol. The molecular weight excluding hydrogens is 461 g/mol. The SMILES string of the molecule is Nc1nc(-c2cc(-c3ccon3)n(Cc3ccccc3F)n2)ncc1NC(=O)C=Cc1ccccc1. The number of nitrogen functional groups attached to an aromatic ring is 1. The summed E-state index contributed by atoms with van der Waals surface area (Å²) in [7, 11) is 0. The van der Waals surface area contributed by atoms with Crippen molar-refractivity contribution in [2.75, 3.05) is 11.1 Å². The van der Waals surface area contributed by atoms with E-state index in [9.17, 15) is 9.18 Å². The standard InChI is InChI=1S/C26H20FN7O2/c27-19-9-5-4-8-18(19)16-34-23(20-12-13-36-33-20)14-21(32-34)26-29-15-22(25(28)31-26)30-24(35)11-10-17-6-2-1-3-7-17/h1-15H,16H2,(H,30,35)(H2,28,29,31). The van der Waals surface area contributed by atoms with Gasteiger partial charge in [0, 0.05) is 17.7 Å². The molecule has 0 fully saturated rings. The van der Waals surface area contributed by atoms with Crippen LogP contribution in [0.1, 0.15) is 11.1 Å². The van der Waals surface area contributed by atoms with Gasteiger partial charge in [0.15, 0.2) is 11.6 Å². The summed E-state index contributed by atoms with van der Waals surface area (Å²) in [6, 6.07) is 19.3. The number of aromatic nitrogens is 5. The maximum absolute atomic E-state index is 14.3. The van der Waals surface area contributed by atoms with Crippen LogP contribution >= 0.6 is 0 Å². The van der Waals surface area contributed by atoms with Gasteiger partial charge < -0.3 is 15.6 Å². The minimum atomic E-state index is -0.371. The van der Waals surface area contributed by atoms with Gasteiger partial charge in [-0.15, -0.1) is 0 Å². The van der Waals surface area contributed by atoms with Crippen molar-refractivity contribution in [2.24, 2.45) is 0 Å². The maximum atomic E-state index is 14.3. The molecule has 5 aromatic rings. The first kappa shape index (κ1) is 22.7. The molecule has 0 bridgehead atoms. The molecule has 1 amide bonds. The Morgan fingerprint density at radius 3 is 2.64 bits per heavy atom. The summed E-state index contributed by atoms with van der Waals surface area (Å²) < 4.78 is 20.8. The lowest BCUT2D eigenvalue weighted by molar-refractivity contribution is -0.111. The molecule has 178 valence electrons. The summed E-state index contributed by atoms with van der Waals surface area (Å²) in [5.41, 5.74) is 9.22. The van der Waals surface area contributed by atoms with Crippen molar-refractivity contribution in [3.63, 3.8) is 0 Å². The molecule has 9 nitrogen and oxygen atoms in total. The second kappa shape index (κ2) is 10.0. The van der Waals surface area contributed by atoms with E-state index in [1.807, 2.05) is 30.3 Å². The largest absolute Gasteiger partial charge is 0.382 e. The Balaban J connectivity index is 1.39. The quantitative estimate of drug-likeness (QED) is 0.330. The maximum Gasteiger partial charge on any atom is 0.248 e. The van der Waals surface area contributed by atoms with Crippen molar-refractivity contribution in [1.82, 2.24) is 24.9 Å². The number of anilines is 2.